The summed E-state index contributed by atoms with van der Waals surface area (Å²) in [5.41, 5.74) is 1.52. The van der Waals surface area contributed by atoms with Gasteiger partial charge in [0, 0.05) is 44.6 Å². The van der Waals surface area contributed by atoms with Crippen molar-refractivity contribution in [1.29, 1.82) is 0 Å². The first-order chi connectivity index (χ1) is 16.6. The Morgan fingerprint density at radius 1 is 1.06 bits per heavy atom. The summed E-state index contributed by atoms with van der Waals surface area (Å²) in [6, 6.07) is 12.8. The number of likely N-dealkylation sites (tertiary alicyclic amines) is 1. The lowest BCUT2D eigenvalue weighted by Gasteiger charge is -2.32. The highest BCUT2D eigenvalue weighted by molar-refractivity contribution is 7.99. The number of carbonyl (C=O) groups excluding carboxylic acids is 1. The second-order valence-electron chi connectivity index (χ2n) is 7.81. The molecule has 3 aromatic rings. The molecule has 4 rings (SSSR count). The van der Waals surface area contributed by atoms with Crippen LogP contribution >= 0.6 is 35.0 Å². The van der Waals surface area contributed by atoms with Crippen LogP contribution in [0.1, 0.15) is 12.8 Å². The van der Waals surface area contributed by atoms with Crippen molar-refractivity contribution in [3.05, 3.63) is 64.9 Å². The fourth-order valence-corrected chi connectivity index (χ4v) is 4.54. The van der Waals surface area contributed by atoms with Gasteiger partial charge in [0.15, 0.2) is 5.16 Å². The highest BCUT2D eigenvalue weighted by Gasteiger charge is 2.20. The zero-order chi connectivity index (χ0) is 23.8. The maximum Gasteiger partial charge on any atom is 0.230 e. The highest BCUT2D eigenvalue weighted by Crippen LogP contribution is 2.28. The molecular formula is C24H25Cl2N5O2S. The number of amides is 1. The number of rotatable bonds is 9. The van der Waals surface area contributed by atoms with Gasteiger partial charge in [-0.25, -0.2) is 9.97 Å². The predicted octanol–water partition coefficient (Wildman–Crippen LogP) is 4.60. The molecule has 34 heavy (non-hydrogen) atoms. The summed E-state index contributed by atoms with van der Waals surface area (Å²) in [5.74, 6) is 0.979. The Morgan fingerprint density at radius 3 is 2.68 bits per heavy atom. The van der Waals surface area contributed by atoms with E-state index in [4.69, 9.17) is 27.9 Å². The van der Waals surface area contributed by atoms with Crippen LogP contribution in [-0.4, -0.2) is 63.8 Å². The minimum Gasteiger partial charge on any atom is -0.490 e. The maximum atomic E-state index is 12.3. The summed E-state index contributed by atoms with van der Waals surface area (Å²) in [6.45, 7) is 3.25. The van der Waals surface area contributed by atoms with Crippen molar-refractivity contribution >= 4 is 40.9 Å². The Balaban J connectivity index is 1.13. The molecule has 1 aromatic carbocycles. The van der Waals surface area contributed by atoms with Gasteiger partial charge in [-0.2, -0.15) is 0 Å². The van der Waals surface area contributed by atoms with Crippen molar-refractivity contribution in [3.63, 3.8) is 0 Å². The van der Waals surface area contributed by atoms with Gasteiger partial charge in [-0.1, -0.05) is 41.0 Å². The number of aromatic nitrogens is 3. The van der Waals surface area contributed by atoms with E-state index in [1.807, 2.05) is 30.3 Å². The number of nitrogens with one attached hydrogen (secondary N) is 1. The number of thioether (sulfide) groups is 1. The van der Waals surface area contributed by atoms with Crippen LogP contribution in [0.25, 0.3) is 11.4 Å². The average molecular weight is 518 g/mol. The Bertz CT molecular complexity index is 1100. The molecule has 0 spiro atoms. The average Bonchev–Trinajstić information content (AvgIpc) is 2.87. The summed E-state index contributed by atoms with van der Waals surface area (Å²) >= 11 is 13.3. The van der Waals surface area contributed by atoms with Gasteiger partial charge in [0.25, 0.3) is 0 Å². The Morgan fingerprint density at radius 2 is 1.91 bits per heavy atom. The van der Waals surface area contributed by atoms with E-state index in [9.17, 15) is 4.79 Å². The minimum absolute atomic E-state index is 0.0327. The predicted molar refractivity (Wildman–Crippen MR) is 136 cm³/mol. The van der Waals surface area contributed by atoms with Crippen LogP contribution in [-0.2, 0) is 4.79 Å². The van der Waals surface area contributed by atoms with Gasteiger partial charge in [-0.3, -0.25) is 9.78 Å². The third-order valence-corrected chi connectivity index (χ3v) is 6.97. The number of piperidine rings is 1. The van der Waals surface area contributed by atoms with Gasteiger partial charge in [0.05, 0.1) is 27.2 Å². The molecule has 2 aromatic heterocycles. The molecule has 1 N–H and O–H groups in total. The lowest BCUT2D eigenvalue weighted by molar-refractivity contribution is -0.118. The smallest absolute Gasteiger partial charge is 0.230 e. The Labute approximate surface area is 213 Å². The first-order valence-corrected chi connectivity index (χ1v) is 12.8. The lowest BCUT2D eigenvalue weighted by atomic mass is 10.1. The second kappa shape index (κ2) is 12.4. The molecule has 1 saturated heterocycles. The largest absolute Gasteiger partial charge is 0.490 e. The van der Waals surface area contributed by atoms with Crippen LogP contribution in [0.3, 0.4) is 0 Å². The number of hydrogen-bond acceptors (Lipinski definition) is 7. The molecule has 0 unspecified atom stereocenters. The summed E-state index contributed by atoms with van der Waals surface area (Å²) in [4.78, 5) is 27.6. The van der Waals surface area contributed by atoms with Gasteiger partial charge in [-0.05, 0) is 43.2 Å². The van der Waals surface area contributed by atoms with E-state index >= 15 is 0 Å². The van der Waals surface area contributed by atoms with Crippen LogP contribution < -0.4 is 10.1 Å². The molecule has 0 radical (unpaired) electrons. The van der Waals surface area contributed by atoms with E-state index in [2.05, 4.69) is 25.2 Å². The molecule has 1 aliphatic rings. The van der Waals surface area contributed by atoms with Crippen molar-refractivity contribution < 1.29 is 9.53 Å². The summed E-state index contributed by atoms with van der Waals surface area (Å²) in [5, 5.41) is 4.56. The third kappa shape index (κ3) is 7.30. The van der Waals surface area contributed by atoms with Crippen LogP contribution in [0.15, 0.2) is 60.0 Å². The molecule has 10 heteroatoms. The number of ether oxygens (including phenoxy) is 1. The van der Waals surface area contributed by atoms with Crippen LogP contribution in [0.2, 0.25) is 10.0 Å². The number of halogens is 2. The molecule has 178 valence electrons. The highest BCUT2D eigenvalue weighted by atomic mass is 35.5. The standard InChI is InChI=1S/C24H25Cl2N5O2S/c25-19-5-4-18(15-20(19)26)33-17-7-12-31(13-8-17)14-11-28-23(32)16-34-24-29-10-6-22(30-24)21-3-1-2-9-27-21/h1-6,9-10,15,17H,7-8,11-14,16H2,(H,28,32). The Kier molecular flexibility index (Phi) is 8.98. The summed E-state index contributed by atoms with van der Waals surface area (Å²) in [6.07, 6.45) is 5.41. The fraction of sp³-hybridized carbons (Fsp3) is 0.333. The summed E-state index contributed by atoms with van der Waals surface area (Å²) < 4.78 is 6.03. The zero-order valence-electron chi connectivity index (χ0n) is 18.5. The number of hydrogen-bond donors (Lipinski definition) is 1. The SMILES string of the molecule is O=C(CSc1nccc(-c2ccccn2)n1)NCCN1CCC(Oc2ccc(Cl)c(Cl)c2)CC1. The van der Waals surface area contributed by atoms with E-state index in [-0.39, 0.29) is 17.8 Å². The molecule has 7 nitrogen and oxygen atoms in total. The van der Waals surface area contributed by atoms with E-state index in [1.54, 1.807) is 24.5 Å². The van der Waals surface area contributed by atoms with Crippen molar-refractivity contribution in [2.24, 2.45) is 0 Å². The van der Waals surface area contributed by atoms with Gasteiger partial charge in [0.1, 0.15) is 11.9 Å². The van der Waals surface area contributed by atoms with Crippen LogP contribution in [0.5, 0.6) is 5.75 Å². The van der Waals surface area contributed by atoms with E-state index in [0.717, 1.165) is 49.6 Å². The number of pyridine rings is 1. The van der Waals surface area contributed by atoms with Crippen LogP contribution in [0, 0.1) is 0 Å². The van der Waals surface area contributed by atoms with E-state index in [0.29, 0.717) is 21.7 Å². The topological polar surface area (TPSA) is 80.2 Å². The molecule has 0 atom stereocenters. The Hall–Kier alpha value is -2.39. The minimum atomic E-state index is -0.0327. The third-order valence-electron chi connectivity index (χ3n) is 5.37. The second-order valence-corrected chi connectivity index (χ2v) is 9.57. The zero-order valence-corrected chi connectivity index (χ0v) is 20.8. The van der Waals surface area contributed by atoms with Gasteiger partial charge in [-0.15, -0.1) is 0 Å². The van der Waals surface area contributed by atoms with Crippen molar-refractivity contribution in [1.82, 2.24) is 25.2 Å². The number of nitrogens with zero attached hydrogens (tertiary/aromatic N) is 4. The molecule has 0 aliphatic carbocycles. The van der Waals surface area contributed by atoms with Crippen molar-refractivity contribution in [2.75, 3.05) is 31.9 Å². The first kappa shape index (κ1) is 24.7. The normalized spacial score (nSPS) is 14.6. The maximum absolute atomic E-state index is 12.3. The molecule has 0 saturated carbocycles. The molecular weight excluding hydrogens is 493 g/mol. The fourth-order valence-electron chi connectivity index (χ4n) is 3.60. The summed E-state index contributed by atoms with van der Waals surface area (Å²) in [7, 11) is 0. The van der Waals surface area contributed by atoms with E-state index in [1.165, 1.54) is 11.8 Å². The molecule has 3 heterocycles. The molecule has 1 amide bonds. The molecule has 1 aliphatic heterocycles. The van der Waals surface area contributed by atoms with Crippen molar-refractivity contribution in [2.45, 2.75) is 24.1 Å². The van der Waals surface area contributed by atoms with Gasteiger partial charge >= 0.3 is 0 Å². The number of benzene rings is 1. The first-order valence-electron chi connectivity index (χ1n) is 11.0. The lowest BCUT2D eigenvalue weighted by Crippen LogP contribution is -2.42. The van der Waals surface area contributed by atoms with Gasteiger partial charge < -0.3 is 15.0 Å². The van der Waals surface area contributed by atoms with Gasteiger partial charge in [0.2, 0.25) is 5.91 Å². The monoisotopic (exact) mass is 517 g/mol. The van der Waals surface area contributed by atoms with Crippen LogP contribution in [0.4, 0.5) is 0 Å². The van der Waals surface area contributed by atoms with E-state index < -0.39 is 0 Å². The van der Waals surface area contributed by atoms with Crippen molar-refractivity contribution in [3.8, 4) is 17.1 Å². The molecule has 1 fully saturated rings. The quantitative estimate of drug-likeness (QED) is 0.328. The number of carbonyl (C=O) groups is 1. The molecule has 0 bridgehead atoms.